The highest BCUT2D eigenvalue weighted by atomic mass is 32.1. The summed E-state index contributed by atoms with van der Waals surface area (Å²) in [6.07, 6.45) is 2.93. The predicted molar refractivity (Wildman–Crippen MR) is 104 cm³/mol. The van der Waals surface area contributed by atoms with Crippen molar-refractivity contribution in [2.45, 2.75) is 57.7 Å². The van der Waals surface area contributed by atoms with Crippen LogP contribution in [0.25, 0.3) is 0 Å². The number of fused-ring (bicyclic) bond motifs is 1. The Morgan fingerprint density at radius 1 is 1.27 bits per heavy atom. The lowest BCUT2D eigenvalue weighted by Gasteiger charge is -2.42. The van der Waals surface area contributed by atoms with Crippen LogP contribution in [0.15, 0.2) is 35.7 Å². The Labute approximate surface area is 158 Å². The quantitative estimate of drug-likeness (QED) is 0.752. The topological polar surface area (TPSA) is 23.6 Å². The molecule has 0 bridgehead atoms. The van der Waals surface area contributed by atoms with Gasteiger partial charge in [-0.15, -0.1) is 11.3 Å². The molecule has 3 nitrogen and oxygen atoms in total. The standard InChI is InChI=1S/C21H25FN2OS/c1-14-9-11-26-19(14)20(25)23-10-5-8-17-18(23)13-21(2,3)24(17)16-7-4-6-15(22)12-16/h4,6-7,9,11-12,17-18H,5,8,10,13H2,1-3H3/t17-,18-/m0/s1. The van der Waals surface area contributed by atoms with Gasteiger partial charge in [-0.05, 0) is 75.2 Å². The number of anilines is 1. The van der Waals surface area contributed by atoms with Gasteiger partial charge in [0.15, 0.2) is 0 Å². The molecule has 4 rings (SSSR count). The molecule has 2 atom stereocenters. The number of halogens is 1. The maximum absolute atomic E-state index is 13.8. The fourth-order valence-electron chi connectivity index (χ4n) is 4.78. The molecule has 2 aliphatic heterocycles. The summed E-state index contributed by atoms with van der Waals surface area (Å²) < 4.78 is 13.8. The lowest BCUT2D eigenvalue weighted by molar-refractivity contribution is 0.0609. The van der Waals surface area contributed by atoms with Gasteiger partial charge in [-0.25, -0.2) is 4.39 Å². The average molecular weight is 373 g/mol. The van der Waals surface area contributed by atoms with Crippen molar-refractivity contribution >= 4 is 22.9 Å². The van der Waals surface area contributed by atoms with Crippen LogP contribution < -0.4 is 4.90 Å². The number of nitrogens with zero attached hydrogens (tertiary/aromatic N) is 2. The molecule has 3 heterocycles. The Kier molecular flexibility index (Phi) is 4.30. The number of amides is 1. The minimum absolute atomic E-state index is 0.115. The number of piperidine rings is 1. The number of rotatable bonds is 2. The molecule has 2 fully saturated rings. The molecular weight excluding hydrogens is 347 g/mol. The second-order valence-electron chi connectivity index (χ2n) is 8.07. The second-order valence-corrected chi connectivity index (χ2v) is 8.99. The minimum atomic E-state index is -0.209. The van der Waals surface area contributed by atoms with Crippen LogP contribution in [0.5, 0.6) is 0 Å². The van der Waals surface area contributed by atoms with E-state index >= 15 is 0 Å². The minimum Gasteiger partial charge on any atom is -0.361 e. The molecular formula is C21H25FN2OS. The molecule has 2 aliphatic rings. The van der Waals surface area contributed by atoms with Crippen molar-refractivity contribution in [2.24, 2.45) is 0 Å². The third-order valence-corrected chi connectivity index (χ3v) is 6.84. The van der Waals surface area contributed by atoms with Crippen LogP contribution in [-0.2, 0) is 0 Å². The van der Waals surface area contributed by atoms with Gasteiger partial charge in [-0.2, -0.15) is 0 Å². The summed E-state index contributed by atoms with van der Waals surface area (Å²) in [6, 6.07) is 9.29. The van der Waals surface area contributed by atoms with Gasteiger partial charge < -0.3 is 9.80 Å². The summed E-state index contributed by atoms with van der Waals surface area (Å²) >= 11 is 1.53. The molecule has 1 aromatic heterocycles. The fourth-order valence-corrected chi connectivity index (χ4v) is 5.66. The molecule has 1 amide bonds. The van der Waals surface area contributed by atoms with Gasteiger partial charge in [0, 0.05) is 17.8 Å². The number of thiophene rings is 1. The van der Waals surface area contributed by atoms with Crippen molar-refractivity contribution in [1.29, 1.82) is 0 Å². The first-order valence-electron chi connectivity index (χ1n) is 9.28. The summed E-state index contributed by atoms with van der Waals surface area (Å²) in [5.74, 6) is -0.0520. The van der Waals surface area contributed by atoms with E-state index in [2.05, 4.69) is 23.6 Å². The van der Waals surface area contributed by atoms with E-state index < -0.39 is 0 Å². The molecule has 2 saturated heterocycles. The molecule has 138 valence electrons. The summed E-state index contributed by atoms with van der Waals surface area (Å²) in [4.78, 5) is 18.5. The van der Waals surface area contributed by atoms with Crippen molar-refractivity contribution < 1.29 is 9.18 Å². The largest absolute Gasteiger partial charge is 0.361 e. The Balaban J connectivity index is 1.68. The summed E-state index contributed by atoms with van der Waals surface area (Å²) in [6.45, 7) is 7.22. The second kappa shape index (κ2) is 6.38. The van der Waals surface area contributed by atoms with E-state index in [1.54, 1.807) is 12.1 Å². The summed E-state index contributed by atoms with van der Waals surface area (Å²) in [5, 5.41) is 1.99. The zero-order valence-electron chi connectivity index (χ0n) is 15.5. The third kappa shape index (κ3) is 2.82. The number of likely N-dealkylation sites (tertiary alicyclic amines) is 1. The van der Waals surface area contributed by atoms with Gasteiger partial charge in [0.25, 0.3) is 5.91 Å². The fraction of sp³-hybridized carbons (Fsp3) is 0.476. The first kappa shape index (κ1) is 17.5. The molecule has 0 aliphatic carbocycles. The maximum atomic E-state index is 13.8. The van der Waals surface area contributed by atoms with Gasteiger partial charge >= 0.3 is 0 Å². The van der Waals surface area contributed by atoms with E-state index in [-0.39, 0.29) is 29.3 Å². The van der Waals surface area contributed by atoms with Crippen molar-refractivity contribution in [3.63, 3.8) is 0 Å². The molecule has 0 spiro atoms. The molecule has 2 aromatic rings. The summed E-state index contributed by atoms with van der Waals surface area (Å²) in [7, 11) is 0. The number of carbonyl (C=O) groups excluding carboxylic acids is 1. The van der Waals surface area contributed by atoms with E-state index in [1.165, 1.54) is 17.4 Å². The van der Waals surface area contributed by atoms with Gasteiger partial charge in [-0.1, -0.05) is 6.07 Å². The van der Waals surface area contributed by atoms with E-state index in [1.807, 2.05) is 24.4 Å². The van der Waals surface area contributed by atoms with Crippen LogP contribution in [0, 0.1) is 12.7 Å². The zero-order chi connectivity index (χ0) is 18.5. The van der Waals surface area contributed by atoms with E-state index in [4.69, 9.17) is 0 Å². The highest BCUT2D eigenvalue weighted by molar-refractivity contribution is 7.12. The highest BCUT2D eigenvalue weighted by Gasteiger charge is 2.50. The molecule has 0 radical (unpaired) electrons. The monoisotopic (exact) mass is 372 g/mol. The molecule has 0 unspecified atom stereocenters. The van der Waals surface area contributed by atoms with Crippen molar-refractivity contribution in [1.82, 2.24) is 4.90 Å². The number of benzene rings is 1. The first-order chi connectivity index (χ1) is 12.4. The molecule has 0 saturated carbocycles. The van der Waals surface area contributed by atoms with Crippen LogP contribution >= 0.6 is 11.3 Å². The van der Waals surface area contributed by atoms with Crippen LogP contribution in [0.3, 0.4) is 0 Å². The predicted octanol–water partition coefficient (Wildman–Crippen LogP) is 4.86. The molecule has 5 heteroatoms. The third-order valence-electron chi connectivity index (χ3n) is 5.84. The number of carbonyl (C=O) groups is 1. The Morgan fingerprint density at radius 2 is 2.08 bits per heavy atom. The zero-order valence-corrected chi connectivity index (χ0v) is 16.4. The van der Waals surface area contributed by atoms with E-state index in [9.17, 15) is 9.18 Å². The highest BCUT2D eigenvalue weighted by Crippen LogP contribution is 2.44. The van der Waals surface area contributed by atoms with Crippen LogP contribution in [0.2, 0.25) is 0 Å². The van der Waals surface area contributed by atoms with Crippen LogP contribution in [0.4, 0.5) is 10.1 Å². The van der Waals surface area contributed by atoms with Crippen molar-refractivity contribution in [2.75, 3.05) is 11.4 Å². The van der Waals surface area contributed by atoms with Crippen molar-refractivity contribution in [3.05, 3.63) is 52.0 Å². The lowest BCUT2D eigenvalue weighted by Crippen LogP contribution is -2.52. The summed E-state index contributed by atoms with van der Waals surface area (Å²) in [5.41, 5.74) is 1.86. The Morgan fingerprint density at radius 3 is 2.77 bits per heavy atom. The van der Waals surface area contributed by atoms with E-state index in [0.29, 0.717) is 0 Å². The van der Waals surface area contributed by atoms with Gasteiger partial charge in [0.05, 0.1) is 17.0 Å². The Bertz CT molecular complexity index is 831. The van der Waals surface area contributed by atoms with Crippen LogP contribution in [-0.4, -0.2) is 35.0 Å². The molecule has 26 heavy (non-hydrogen) atoms. The number of hydrogen-bond donors (Lipinski definition) is 0. The molecule has 0 N–H and O–H groups in total. The molecule has 1 aromatic carbocycles. The Hall–Kier alpha value is -1.88. The number of aryl methyl sites for hydroxylation is 1. The smallest absolute Gasteiger partial charge is 0.264 e. The number of hydrogen-bond acceptors (Lipinski definition) is 3. The van der Waals surface area contributed by atoms with Gasteiger partial charge in [0.2, 0.25) is 0 Å². The van der Waals surface area contributed by atoms with Crippen molar-refractivity contribution in [3.8, 4) is 0 Å². The first-order valence-corrected chi connectivity index (χ1v) is 10.2. The normalized spacial score (nSPS) is 24.6. The lowest BCUT2D eigenvalue weighted by atomic mass is 9.94. The average Bonchev–Trinajstić information content (AvgIpc) is 3.12. The van der Waals surface area contributed by atoms with Gasteiger partial charge in [0.1, 0.15) is 5.82 Å². The van der Waals surface area contributed by atoms with Crippen LogP contribution in [0.1, 0.15) is 48.3 Å². The van der Waals surface area contributed by atoms with Gasteiger partial charge in [-0.3, -0.25) is 4.79 Å². The SMILES string of the molecule is Cc1ccsc1C(=O)N1CCC[C@H]2[C@@H]1CC(C)(C)N2c1cccc(F)c1. The maximum Gasteiger partial charge on any atom is 0.264 e. The van der Waals surface area contributed by atoms with E-state index in [0.717, 1.165) is 41.9 Å².